The Morgan fingerprint density at radius 2 is 1.52 bits per heavy atom. The highest BCUT2D eigenvalue weighted by Crippen LogP contribution is 2.28. The number of hydrogen-bond donors (Lipinski definition) is 0. The molecule has 0 atom stereocenters. The molecule has 0 saturated carbocycles. The minimum atomic E-state index is -0.957. The van der Waals surface area contributed by atoms with E-state index in [-0.39, 0.29) is 16.2 Å². The lowest BCUT2D eigenvalue weighted by atomic mass is 10.0. The molecule has 0 radical (unpaired) electrons. The number of para-hydroxylation sites is 1. The van der Waals surface area contributed by atoms with Crippen LogP contribution in [0, 0.1) is 11.6 Å². The summed E-state index contributed by atoms with van der Waals surface area (Å²) in [6, 6.07) is 12.2. The van der Waals surface area contributed by atoms with Crippen LogP contribution >= 0.6 is 0 Å². The van der Waals surface area contributed by atoms with Crippen molar-refractivity contribution < 1.29 is 13.2 Å². The van der Waals surface area contributed by atoms with Crippen molar-refractivity contribution in [1.29, 1.82) is 0 Å². The van der Waals surface area contributed by atoms with Crippen LogP contribution in [0.4, 0.5) is 8.78 Å². The molecule has 0 fully saturated rings. The summed E-state index contributed by atoms with van der Waals surface area (Å²) in [6.07, 6.45) is 0. The summed E-state index contributed by atoms with van der Waals surface area (Å²) in [5.41, 5.74) is 0.581. The lowest BCUT2D eigenvalue weighted by Gasteiger charge is -2.06. The standard InChI is InChI=1S/C17H8F2O2/c18-12-7-5-9-10(16(12)19)6-8-14-15(9)17(20)11-3-1-2-4-13(11)21-14/h1-8H. The molecule has 0 aliphatic heterocycles. The van der Waals surface area contributed by atoms with E-state index >= 15 is 0 Å². The lowest BCUT2D eigenvalue weighted by Crippen LogP contribution is -2.03. The highest BCUT2D eigenvalue weighted by atomic mass is 19.2. The van der Waals surface area contributed by atoms with Gasteiger partial charge in [0.15, 0.2) is 11.6 Å². The molecule has 0 N–H and O–H groups in total. The quantitative estimate of drug-likeness (QED) is 0.354. The SMILES string of the molecule is O=c1c2ccccc2oc2ccc3c(F)c(F)ccc3c12. The molecule has 0 saturated heterocycles. The summed E-state index contributed by atoms with van der Waals surface area (Å²) < 4.78 is 32.9. The van der Waals surface area contributed by atoms with Crippen LogP contribution < -0.4 is 5.43 Å². The number of fused-ring (bicyclic) bond motifs is 4. The Bertz CT molecular complexity index is 1080. The molecular weight excluding hydrogens is 274 g/mol. The first-order valence-corrected chi connectivity index (χ1v) is 6.39. The van der Waals surface area contributed by atoms with Crippen molar-refractivity contribution in [3.05, 3.63) is 70.4 Å². The monoisotopic (exact) mass is 282 g/mol. The normalized spacial score (nSPS) is 11.5. The van der Waals surface area contributed by atoms with Crippen molar-refractivity contribution in [1.82, 2.24) is 0 Å². The van der Waals surface area contributed by atoms with Gasteiger partial charge in [-0.05, 0) is 35.7 Å². The van der Waals surface area contributed by atoms with Crippen molar-refractivity contribution in [2.75, 3.05) is 0 Å². The maximum Gasteiger partial charge on any atom is 0.201 e. The molecule has 3 aromatic carbocycles. The van der Waals surface area contributed by atoms with Crippen LogP contribution in [0.3, 0.4) is 0 Å². The van der Waals surface area contributed by atoms with Crippen molar-refractivity contribution >= 4 is 32.7 Å². The fourth-order valence-corrected chi connectivity index (χ4v) is 2.64. The fraction of sp³-hybridized carbons (Fsp3) is 0. The molecule has 0 aliphatic carbocycles. The van der Waals surface area contributed by atoms with Crippen LogP contribution in [0.1, 0.15) is 0 Å². The Labute approximate surface area is 117 Å². The zero-order chi connectivity index (χ0) is 14.6. The zero-order valence-corrected chi connectivity index (χ0v) is 10.7. The van der Waals surface area contributed by atoms with Crippen LogP contribution in [0.15, 0.2) is 57.7 Å². The van der Waals surface area contributed by atoms with Crippen molar-refractivity contribution in [2.24, 2.45) is 0 Å². The number of rotatable bonds is 0. The van der Waals surface area contributed by atoms with Gasteiger partial charge in [0.25, 0.3) is 0 Å². The largest absolute Gasteiger partial charge is 0.456 e. The molecule has 21 heavy (non-hydrogen) atoms. The summed E-state index contributed by atoms with van der Waals surface area (Å²) >= 11 is 0. The molecule has 0 amide bonds. The number of hydrogen-bond acceptors (Lipinski definition) is 2. The minimum Gasteiger partial charge on any atom is -0.456 e. The van der Waals surface area contributed by atoms with Crippen molar-refractivity contribution in [2.45, 2.75) is 0 Å². The highest BCUT2D eigenvalue weighted by Gasteiger charge is 2.14. The summed E-state index contributed by atoms with van der Waals surface area (Å²) in [4.78, 5) is 12.6. The number of benzene rings is 3. The van der Waals surface area contributed by atoms with E-state index < -0.39 is 11.6 Å². The molecule has 2 nitrogen and oxygen atoms in total. The van der Waals surface area contributed by atoms with Crippen LogP contribution in [-0.4, -0.2) is 0 Å². The van der Waals surface area contributed by atoms with E-state index in [4.69, 9.17) is 4.42 Å². The molecular formula is C17H8F2O2. The van der Waals surface area contributed by atoms with E-state index in [1.165, 1.54) is 18.2 Å². The predicted octanol–water partition coefficient (Wildman–Crippen LogP) is 4.38. The van der Waals surface area contributed by atoms with Gasteiger partial charge in [-0.1, -0.05) is 18.2 Å². The summed E-state index contributed by atoms with van der Waals surface area (Å²) in [7, 11) is 0. The second kappa shape index (κ2) is 4.12. The Balaban J connectivity index is 2.33. The van der Waals surface area contributed by atoms with Crippen molar-refractivity contribution in [3.63, 3.8) is 0 Å². The molecule has 0 aliphatic rings. The van der Waals surface area contributed by atoms with Gasteiger partial charge in [-0.25, -0.2) is 8.78 Å². The second-order valence-corrected chi connectivity index (χ2v) is 4.82. The van der Waals surface area contributed by atoms with E-state index in [0.29, 0.717) is 21.9 Å². The molecule has 1 aromatic heterocycles. The van der Waals surface area contributed by atoms with Gasteiger partial charge in [-0.15, -0.1) is 0 Å². The van der Waals surface area contributed by atoms with E-state index in [1.807, 2.05) is 0 Å². The van der Waals surface area contributed by atoms with Gasteiger partial charge < -0.3 is 4.42 Å². The Morgan fingerprint density at radius 1 is 0.762 bits per heavy atom. The zero-order valence-electron chi connectivity index (χ0n) is 10.7. The average Bonchev–Trinajstić information content (AvgIpc) is 2.51. The van der Waals surface area contributed by atoms with Crippen LogP contribution in [0.2, 0.25) is 0 Å². The first kappa shape index (κ1) is 12.0. The van der Waals surface area contributed by atoms with Crippen molar-refractivity contribution in [3.8, 4) is 0 Å². The Morgan fingerprint density at radius 3 is 2.38 bits per heavy atom. The van der Waals surface area contributed by atoms with Gasteiger partial charge in [0.05, 0.1) is 10.8 Å². The molecule has 0 bridgehead atoms. The van der Waals surface area contributed by atoms with Gasteiger partial charge >= 0.3 is 0 Å². The Kier molecular flexibility index (Phi) is 2.36. The smallest absolute Gasteiger partial charge is 0.201 e. The van der Waals surface area contributed by atoms with Gasteiger partial charge in [0, 0.05) is 5.39 Å². The molecule has 4 rings (SSSR count). The highest BCUT2D eigenvalue weighted by molar-refractivity contribution is 6.08. The topological polar surface area (TPSA) is 30.2 Å². The third kappa shape index (κ3) is 1.59. The van der Waals surface area contributed by atoms with Crippen LogP contribution in [0.25, 0.3) is 32.7 Å². The van der Waals surface area contributed by atoms with Gasteiger partial charge in [-0.2, -0.15) is 0 Å². The Hall–Kier alpha value is -2.75. The number of halogens is 2. The summed E-state index contributed by atoms with van der Waals surface area (Å²) in [6.45, 7) is 0. The van der Waals surface area contributed by atoms with Crippen LogP contribution in [0.5, 0.6) is 0 Å². The van der Waals surface area contributed by atoms with E-state index in [2.05, 4.69) is 0 Å². The maximum absolute atomic E-state index is 13.9. The van der Waals surface area contributed by atoms with Gasteiger partial charge in [-0.3, -0.25) is 4.79 Å². The second-order valence-electron chi connectivity index (χ2n) is 4.82. The molecule has 1 heterocycles. The van der Waals surface area contributed by atoms with Crippen LogP contribution in [-0.2, 0) is 0 Å². The fourth-order valence-electron chi connectivity index (χ4n) is 2.64. The summed E-state index contributed by atoms with van der Waals surface area (Å²) in [5.74, 6) is -1.89. The van der Waals surface area contributed by atoms with E-state index in [1.54, 1.807) is 24.3 Å². The predicted molar refractivity (Wildman–Crippen MR) is 77.4 cm³/mol. The molecule has 0 spiro atoms. The third-order valence-electron chi connectivity index (χ3n) is 3.63. The molecule has 4 aromatic rings. The maximum atomic E-state index is 13.9. The van der Waals surface area contributed by atoms with Gasteiger partial charge in [0.2, 0.25) is 5.43 Å². The molecule has 4 heteroatoms. The minimum absolute atomic E-state index is 0.0741. The van der Waals surface area contributed by atoms with E-state index in [9.17, 15) is 13.6 Å². The molecule has 0 unspecified atom stereocenters. The first-order valence-electron chi connectivity index (χ1n) is 6.39. The van der Waals surface area contributed by atoms with Gasteiger partial charge in [0.1, 0.15) is 11.2 Å². The van der Waals surface area contributed by atoms with E-state index in [0.717, 1.165) is 6.07 Å². The molecule has 102 valence electrons. The average molecular weight is 282 g/mol. The third-order valence-corrected chi connectivity index (χ3v) is 3.63. The lowest BCUT2D eigenvalue weighted by molar-refractivity contribution is 0.517. The first-order chi connectivity index (χ1) is 10.2. The summed E-state index contributed by atoms with van der Waals surface area (Å²) in [5, 5.41) is 1.11.